The number of nitrogen functional groups attached to an aromatic ring is 1. The molecule has 1 aromatic carbocycles. The van der Waals surface area contributed by atoms with Crippen LogP contribution < -0.4 is 5.73 Å². The number of sulfone groups is 1. The molecule has 7 heteroatoms. The largest absolute Gasteiger partial charge is 0.384 e. The van der Waals surface area contributed by atoms with Gasteiger partial charge in [0.2, 0.25) is 0 Å². The van der Waals surface area contributed by atoms with Gasteiger partial charge in [0.05, 0.1) is 22.7 Å². The highest BCUT2D eigenvalue weighted by atomic mass is 32.2. The van der Waals surface area contributed by atoms with E-state index in [1.54, 1.807) is 18.5 Å². The maximum Gasteiger partial charge on any atom is 0.180 e. The van der Waals surface area contributed by atoms with Gasteiger partial charge in [0, 0.05) is 17.8 Å². The van der Waals surface area contributed by atoms with E-state index in [0.29, 0.717) is 12.1 Å². The van der Waals surface area contributed by atoms with Gasteiger partial charge in [-0.05, 0) is 26.0 Å². The van der Waals surface area contributed by atoms with Crippen LogP contribution in [0.5, 0.6) is 0 Å². The van der Waals surface area contributed by atoms with E-state index in [2.05, 4.69) is 4.98 Å². The van der Waals surface area contributed by atoms with Crippen LogP contribution in [-0.4, -0.2) is 29.6 Å². The van der Waals surface area contributed by atoms with Crippen molar-refractivity contribution in [2.75, 3.05) is 5.75 Å². The fourth-order valence-corrected chi connectivity index (χ4v) is 3.23. The Morgan fingerprint density at radius 2 is 2.10 bits per heavy atom. The summed E-state index contributed by atoms with van der Waals surface area (Å²) < 4.78 is 26.5. The molecule has 2 rings (SSSR count). The second-order valence-corrected chi connectivity index (χ2v) is 6.98. The molecular weight excluding hydrogens is 288 g/mol. The van der Waals surface area contributed by atoms with E-state index in [1.807, 2.05) is 18.4 Å². The highest BCUT2D eigenvalue weighted by Gasteiger charge is 2.16. The number of hydrogen-bond acceptors (Lipinski definition) is 4. The van der Waals surface area contributed by atoms with Crippen LogP contribution >= 0.6 is 0 Å². The quantitative estimate of drug-likeness (QED) is 0.641. The first-order chi connectivity index (χ1) is 9.81. The molecule has 0 amide bonds. The zero-order valence-corrected chi connectivity index (χ0v) is 12.8. The van der Waals surface area contributed by atoms with Crippen LogP contribution in [-0.2, 0) is 16.4 Å². The van der Waals surface area contributed by atoms with Crippen LogP contribution in [0.2, 0.25) is 0 Å². The molecule has 0 saturated heterocycles. The molecule has 3 N–H and O–H groups in total. The van der Waals surface area contributed by atoms with Crippen LogP contribution in [0, 0.1) is 19.3 Å². The summed E-state index contributed by atoms with van der Waals surface area (Å²) >= 11 is 0. The smallest absolute Gasteiger partial charge is 0.180 e. The average molecular weight is 306 g/mol. The monoisotopic (exact) mass is 306 g/mol. The lowest BCUT2D eigenvalue weighted by molar-refractivity contribution is 0.588. The summed E-state index contributed by atoms with van der Waals surface area (Å²) in [5.74, 6) is -0.168. The summed E-state index contributed by atoms with van der Waals surface area (Å²) in [5.41, 5.74) is 7.65. The number of amidine groups is 1. The van der Waals surface area contributed by atoms with Gasteiger partial charge in [-0.1, -0.05) is 12.1 Å². The molecule has 0 aliphatic heterocycles. The van der Waals surface area contributed by atoms with Crippen LogP contribution in [0.4, 0.5) is 0 Å². The molecule has 1 heterocycles. The van der Waals surface area contributed by atoms with E-state index < -0.39 is 9.84 Å². The standard InChI is InChI=1S/C14H18N4O2S/c1-10-11(2)18(9-17-10)6-7-21(19,20)13-5-3-4-12(8-13)14(15)16/h3-5,8-9H,6-7H2,1-2H3,(H3,15,16). The molecule has 21 heavy (non-hydrogen) atoms. The number of aryl methyl sites for hydroxylation is 2. The molecular formula is C14H18N4O2S. The third kappa shape index (κ3) is 3.30. The first kappa shape index (κ1) is 15.2. The SMILES string of the molecule is Cc1ncn(CCS(=O)(=O)c2cccc(C(=N)N)c2)c1C. The van der Waals surface area contributed by atoms with Crippen molar-refractivity contribution in [1.29, 1.82) is 5.41 Å². The van der Waals surface area contributed by atoms with E-state index in [4.69, 9.17) is 11.1 Å². The highest BCUT2D eigenvalue weighted by molar-refractivity contribution is 7.91. The third-order valence-electron chi connectivity index (χ3n) is 3.45. The van der Waals surface area contributed by atoms with Crippen LogP contribution in [0.15, 0.2) is 35.5 Å². The number of nitrogens with two attached hydrogens (primary N) is 1. The van der Waals surface area contributed by atoms with Crippen LogP contribution in [0.1, 0.15) is 17.0 Å². The molecule has 0 spiro atoms. The minimum Gasteiger partial charge on any atom is -0.384 e. The van der Waals surface area contributed by atoms with Crippen molar-refractivity contribution in [1.82, 2.24) is 9.55 Å². The van der Waals surface area contributed by atoms with E-state index in [-0.39, 0.29) is 16.5 Å². The zero-order valence-electron chi connectivity index (χ0n) is 12.0. The Bertz CT molecular complexity index is 778. The van der Waals surface area contributed by atoms with Gasteiger partial charge < -0.3 is 10.3 Å². The number of imidazole rings is 1. The minimum absolute atomic E-state index is 0.0228. The maximum absolute atomic E-state index is 12.4. The van der Waals surface area contributed by atoms with E-state index >= 15 is 0 Å². The Balaban J connectivity index is 2.21. The highest BCUT2D eigenvalue weighted by Crippen LogP contribution is 2.14. The number of nitrogens with one attached hydrogen (secondary N) is 1. The molecule has 112 valence electrons. The normalized spacial score (nSPS) is 11.5. The van der Waals surface area contributed by atoms with Crippen molar-refractivity contribution in [2.24, 2.45) is 5.73 Å². The summed E-state index contributed by atoms with van der Waals surface area (Å²) in [6, 6.07) is 6.17. The molecule has 0 aliphatic carbocycles. The Morgan fingerprint density at radius 3 is 2.67 bits per heavy atom. The number of nitrogens with zero attached hydrogens (tertiary/aromatic N) is 2. The molecule has 2 aromatic rings. The molecule has 0 bridgehead atoms. The predicted octanol–water partition coefficient (Wildman–Crippen LogP) is 1.26. The summed E-state index contributed by atoms with van der Waals surface area (Å²) in [7, 11) is -3.42. The average Bonchev–Trinajstić information content (AvgIpc) is 2.77. The number of aromatic nitrogens is 2. The number of benzene rings is 1. The van der Waals surface area contributed by atoms with E-state index in [1.165, 1.54) is 12.1 Å². The van der Waals surface area contributed by atoms with Gasteiger partial charge >= 0.3 is 0 Å². The minimum atomic E-state index is -3.42. The zero-order chi connectivity index (χ0) is 15.6. The first-order valence-corrected chi connectivity index (χ1v) is 8.12. The van der Waals surface area contributed by atoms with Gasteiger partial charge in [-0.15, -0.1) is 0 Å². The second-order valence-electron chi connectivity index (χ2n) is 4.87. The second kappa shape index (κ2) is 5.69. The topological polar surface area (TPSA) is 102 Å². The van der Waals surface area contributed by atoms with Crippen molar-refractivity contribution in [2.45, 2.75) is 25.3 Å². The van der Waals surface area contributed by atoms with E-state index in [9.17, 15) is 8.42 Å². The third-order valence-corrected chi connectivity index (χ3v) is 5.14. The van der Waals surface area contributed by atoms with E-state index in [0.717, 1.165) is 11.4 Å². The molecule has 0 radical (unpaired) electrons. The molecule has 0 atom stereocenters. The van der Waals surface area contributed by atoms with Crippen molar-refractivity contribution in [3.05, 3.63) is 47.5 Å². The van der Waals surface area contributed by atoms with Crippen molar-refractivity contribution in [3.8, 4) is 0 Å². The predicted molar refractivity (Wildman–Crippen MR) is 81.2 cm³/mol. The Hall–Kier alpha value is -2.15. The van der Waals surface area contributed by atoms with Gasteiger partial charge in [-0.25, -0.2) is 13.4 Å². The van der Waals surface area contributed by atoms with Gasteiger partial charge in [0.1, 0.15) is 5.84 Å². The lowest BCUT2D eigenvalue weighted by Crippen LogP contribution is -2.15. The summed E-state index contributed by atoms with van der Waals surface area (Å²) in [5, 5.41) is 7.37. The van der Waals surface area contributed by atoms with Gasteiger partial charge in [-0.3, -0.25) is 5.41 Å². The fraction of sp³-hybridized carbons (Fsp3) is 0.286. The fourth-order valence-electron chi connectivity index (χ4n) is 1.96. The molecule has 1 aromatic heterocycles. The van der Waals surface area contributed by atoms with Gasteiger partial charge in [0.15, 0.2) is 9.84 Å². The Labute approximate surface area is 124 Å². The van der Waals surface area contributed by atoms with Crippen LogP contribution in [0.3, 0.4) is 0 Å². The van der Waals surface area contributed by atoms with Crippen molar-refractivity contribution < 1.29 is 8.42 Å². The number of rotatable bonds is 5. The Morgan fingerprint density at radius 1 is 1.38 bits per heavy atom. The molecule has 6 nitrogen and oxygen atoms in total. The molecule has 0 unspecified atom stereocenters. The molecule has 0 fully saturated rings. The van der Waals surface area contributed by atoms with Crippen molar-refractivity contribution in [3.63, 3.8) is 0 Å². The summed E-state index contributed by atoms with van der Waals surface area (Å²) in [6.07, 6.45) is 1.65. The lowest BCUT2D eigenvalue weighted by Gasteiger charge is -2.08. The van der Waals surface area contributed by atoms with Gasteiger partial charge in [-0.2, -0.15) is 0 Å². The summed E-state index contributed by atoms with van der Waals surface area (Å²) in [6.45, 7) is 4.14. The summed E-state index contributed by atoms with van der Waals surface area (Å²) in [4.78, 5) is 4.34. The van der Waals surface area contributed by atoms with Crippen molar-refractivity contribution >= 4 is 15.7 Å². The van der Waals surface area contributed by atoms with Crippen LogP contribution in [0.25, 0.3) is 0 Å². The lowest BCUT2D eigenvalue weighted by atomic mass is 10.2. The maximum atomic E-state index is 12.4. The molecule has 0 aliphatic rings. The Kier molecular flexibility index (Phi) is 4.13. The number of hydrogen-bond donors (Lipinski definition) is 2. The van der Waals surface area contributed by atoms with Gasteiger partial charge in [0.25, 0.3) is 0 Å². The molecule has 0 saturated carbocycles. The first-order valence-electron chi connectivity index (χ1n) is 6.47.